The lowest BCUT2D eigenvalue weighted by Crippen LogP contribution is -2.07. The van der Waals surface area contributed by atoms with Gasteiger partial charge in [-0.15, -0.1) is 0 Å². The van der Waals surface area contributed by atoms with Gasteiger partial charge in [0, 0.05) is 30.9 Å². The number of hydrogen-bond donors (Lipinski definition) is 3. The molecular weight excluding hydrogens is 423 g/mol. The number of carbonyl (C=O) groups excluding carboxylic acids is 1. The first-order valence-corrected chi connectivity index (χ1v) is 9.15. The number of nitrogens with one attached hydrogen (secondary N) is 3. The van der Waals surface area contributed by atoms with E-state index in [9.17, 15) is 19.3 Å². The predicted molar refractivity (Wildman–Crippen MR) is 116 cm³/mol. The largest absolute Gasteiger partial charge is 0.495 e. The number of nitro groups is 1. The van der Waals surface area contributed by atoms with Gasteiger partial charge >= 0.3 is 5.69 Å². The van der Waals surface area contributed by atoms with Crippen LogP contribution < -0.4 is 25.4 Å². The lowest BCUT2D eigenvalue weighted by Gasteiger charge is -2.14. The van der Waals surface area contributed by atoms with E-state index in [1.165, 1.54) is 27.3 Å². The van der Waals surface area contributed by atoms with Crippen LogP contribution in [0.5, 0.6) is 11.5 Å². The third kappa shape index (κ3) is 5.16. The van der Waals surface area contributed by atoms with Crippen LogP contribution in [0.15, 0.2) is 42.6 Å². The monoisotopic (exact) mass is 442 g/mol. The van der Waals surface area contributed by atoms with Crippen LogP contribution >= 0.6 is 0 Å². The highest BCUT2D eigenvalue weighted by Gasteiger charge is 2.19. The highest BCUT2D eigenvalue weighted by Crippen LogP contribution is 2.34. The van der Waals surface area contributed by atoms with E-state index in [1.807, 2.05) is 0 Å². The van der Waals surface area contributed by atoms with E-state index in [1.54, 1.807) is 24.3 Å². The summed E-state index contributed by atoms with van der Waals surface area (Å²) in [5.41, 5.74) is 0.472. The van der Waals surface area contributed by atoms with Crippen LogP contribution in [-0.2, 0) is 4.79 Å². The Morgan fingerprint density at radius 2 is 1.78 bits per heavy atom. The lowest BCUT2D eigenvalue weighted by molar-refractivity contribution is -0.387. The zero-order valence-corrected chi connectivity index (χ0v) is 17.3. The van der Waals surface area contributed by atoms with Crippen molar-refractivity contribution >= 4 is 40.4 Å². The molecular formula is C20H19FN6O5. The zero-order valence-electron chi connectivity index (χ0n) is 17.3. The summed E-state index contributed by atoms with van der Waals surface area (Å²) in [6.07, 6.45) is 1.45. The van der Waals surface area contributed by atoms with Gasteiger partial charge in [0.25, 0.3) is 0 Å². The topological polar surface area (TPSA) is 141 Å². The van der Waals surface area contributed by atoms with Gasteiger partial charge in [0.15, 0.2) is 0 Å². The molecule has 2 aromatic carbocycles. The second-order valence-corrected chi connectivity index (χ2v) is 6.37. The minimum Gasteiger partial charge on any atom is -0.495 e. The van der Waals surface area contributed by atoms with E-state index in [-0.39, 0.29) is 23.3 Å². The summed E-state index contributed by atoms with van der Waals surface area (Å²) in [6, 6.07) is 8.52. The van der Waals surface area contributed by atoms with E-state index in [0.717, 1.165) is 12.1 Å². The molecule has 0 aliphatic carbocycles. The number of halogens is 1. The highest BCUT2D eigenvalue weighted by molar-refractivity contribution is 5.89. The van der Waals surface area contributed by atoms with Gasteiger partial charge in [-0.25, -0.2) is 4.98 Å². The summed E-state index contributed by atoms with van der Waals surface area (Å²) in [4.78, 5) is 29.9. The van der Waals surface area contributed by atoms with Crippen molar-refractivity contribution in [1.82, 2.24) is 9.97 Å². The number of aromatic nitrogens is 2. The van der Waals surface area contributed by atoms with Gasteiger partial charge in [0.2, 0.25) is 17.7 Å². The molecule has 0 aliphatic rings. The fourth-order valence-electron chi connectivity index (χ4n) is 2.78. The fraction of sp³-hybridized carbons (Fsp3) is 0.150. The van der Waals surface area contributed by atoms with Crippen molar-refractivity contribution in [3.63, 3.8) is 0 Å². The van der Waals surface area contributed by atoms with E-state index in [0.29, 0.717) is 22.9 Å². The normalized spacial score (nSPS) is 10.2. The Morgan fingerprint density at radius 3 is 2.44 bits per heavy atom. The van der Waals surface area contributed by atoms with Crippen molar-refractivity contribution in [2.75, 3.05) is 30.2 Å². The molecule has 32 heavy (non-hydrogen) atoms. The second kappa shape index (κ2) is 9.55. The highest BCUT2D eigenvalue weighted by atomic mass is 19.1. The number of nitrogens with zero attached hydrogens (tertiary/aromatic N) is 3. The molecule has 0 radical (unpaired) electrons. The molecule has 3 N–H and O–H groups in total. The average molecular weight is 442 g/mol. The van der Waals surface area contributed by atoms with Gasteiger partial charge in [-0.3, -0.25) is 14.9 Å². The fourth-order valence-corrected chi connectivity index (χ4v) is 2.78. The van der Waals surface area contributed by atoms with Crippen LogP contribution in [0, 0.1) is 15.9 Å². The molecule has 0 bridgehead atoms. The Labute approximate surface area is 181 Å². The van der Waals surface area contributed by atoms with Gasteiger partial charge in [0.1, 0.15) is 17.3 Å². The molecule has 0 aliphatic heterocycles. The Balaban J connectivity index is 1.89. The number of amides is 1. The molecule has 1 aromatic heterocycles. The van der Waals surface area contributed by atoms with E-state index < -0.39 is 16.4 Å². The maximum Gasteiger partial charge on any atom is 0.307 e. The van der Waals surface area contributed by atoms with Gasteiger partial charge in [0.05, 0.1) is 30.5 Å². The number of ether oxygens (including phenoxy) is 2. The lowest BCUT2D eigenvalue weighted by atomic mass is 10.2. The summed E-state index contributed by atoms with van der Waals surface area (Å²) in [5, 5.41) is 19.6. The van der Waals surface area contributed by atoms with Crippen LogP contribution in [-0.4, -0.2) is 35.0 Å². The van der Waals surface area contributed by atoms with Crippen molar-refractivity contribution < 1.29 is 23.6 Å². The molecule has 0 saturated heterocycles. The van der Waals surface area contributed by atoms with Crippen LogP contribution in [0.3, 0.4) is 0 Å². The molecule has 1 heterocycles. The molecule has 11 nitrogen and oxygen atoms in total. The Hall–Kier alpha value is -4.48. The van der Waals surface area contributed by atoms with Crippen molar-refractivity contribution in [3.05, 3.63) is 58.5 Å². The molecule has 0 atom stereocenters. The molecule has 0 fully saturated rings. The van der Waals surface area contributed by atoms with Crippen LogP contribution in [0.4, 0.5) is 38.9 Å². The first-order chi connectivity index (χ1) is 15.3. The molecule has 3 rings (SSSR count). The quantitative estimate of drug-likeness (QED) is 0.349. The molecule has 12 heteroatoms. The maximum atomic E-state index is 13.9. The average Bonchev–Trinajstić information content (AvgIpc) is 2.74. The number of anilines is 5. The SMILES string of the molecule is COc1ccc(NC(C)=O)cc1Nc1ccnc(Nc2cc([N+](=O)[O-])c(F)cc2OC)n1. The van der Waals surface area contributed by atoms with Gasteiger partial charge in [-0.2, -0.15) is 9.37 Å². The van der Waals surface area contributed by atoms with Crippen molar-refractivity contribution in [2.24, 2.45) is 0 Å². The summed E-state index contributed by atoms with van der Waals surface area (Å²) >= 11 is 0. The minimum atomic E-state index is -1.03. The first kappa shape index (κ1) is 22.2. The standard InChI is InChI=1S/C20H19FN6O5/c1-11(28)23-12-4-5-17(31-2)14(8-12)24-19-6-7-22-20(26-19)25-15-10-16(27(29)30)13(21)9-18(15)32-3/h4-10H,1-3H3,(H,23,28)(H2,22,24,25,26). The third-order valence-corrected chi connectivity index (χ3v) is 4.15. The van der Waals surface area contributed by atoms with Gasteiger partial charge in [-0.05, 0) is 24.3 Å². The van der Waals surface area contributed by atoms with Crippen molar-refractivity contribution in [2.45, 2.75) is 6.92 Å². The second-order valence-electron chi connectivity index (χ2n) is 6.37. The van der Waals surface area contributed by atoms with Crippen molar-refractivity contribution in [1.29, 1.82) is 0 Å². The number of methoxy groups -OCH3 is 2. The van der Waals surface area contributed by atoms with Crippen LogP contribution in [0.25, 0.3) is 0 Å². The summed E-state index contributed by atoms with van der Waals surface area (Å²) in [5.74, 6) is -0.276. The van der Waals surface area contributed by atoms with E-state index in [4.69, 9.17) is 9.47 Å². The Morgan fingerprint density at radius 1 is 1.06 bits per heavy atom. The zero-order chi connectivity index (χ0) is 23.3. The number of carbonyl (C=O) groups is 1. The number of benzene rings is 2. The van der Waals surface area contributed by atoms with E-state index >= 15 is 0 Å². The molecule has 3 aromatic rings. The predicted octanol–water partition coefficient (Wildman–Crippen LogP) is 3.99. The van der Waals surface area contributed by atoms with E-state index in [2.05, 4.69) is 25.9 Å². The van der Waals surface area contributed by atoms with Gasteiger partial charge < -0.3 is 25.4 Å². The maximum absolute atomic E-state index is 13.9. The number of nitro benzene ring substituents is 1. The smallest absolute Gasteiger partial charge is 0.307 e. The minimum absolute atomic E-state index is 0.0414. The molecule has 166 valence electrons. The molecule has 1 amide bonds. The molecule has 0 unspecified atom stereocenters. The third-order valence-electron chi connectivity index (χ3n) is 4.15. The Kier molecular flexibility index (Phi) is 6.63. The summed E-state index contributed by atoms with van der Waals surface area (Å²) in [6.45, 7) is 1.40. The molecule has 0 saturated carbocycles. The summed E-state index contributed by atoms with van der Waals surface area (Å²) in [7, 11) is 2.80. The molecule has 0 spiro atoms. The Bertz CT molecular complexity index is 1170. The van der Waals surface area contributed by atoms with Crippen LogP contribution in [0.1, 0.15) is 6.92 Å². The van der Waals surface area contributed by atoms with Gasteiger partial charge in [-0.1, -0.05) is 0 Å². The summed E-state index contributed by atoms with van der Waals surface area (Å²) < 4.78 is 24.3. The van der Waals surface area contributed by atoms with Crippen molar-refractivity contribution in [3.8, 4) is 11.5 Å². The van der Waals surface area contributed by atoms with Crippen LogP contribution in [0.2, 0.25) is 0 Å². The number of hydrogen-bond acceptors (Lipinski definition) is 9. The first-order valence-electron chi connectivity index (χ1n) is 9.15. The number of rotatable bonds is 8.